The van der Waals surface area contributed by atoms with E-state index in [-0.39, 0.29) is 43.3 Å². The molecule has 0 saturated heterocycles. The Morgan fingerprint density at radius 1 is 0.811 bits per heavy atom. The van der Waals surface area contributed by atoms with E-state index < -0.39 is 30.1 Å². The molecule has 0 heterocycles. The van der Waals surface area contributed by atoms with Crippen LogP contribution in [0.3, 0.4) is 0 Å². The van der Waals surface area contributed by atoms with E-state index in [1.54, 1.807) is 25.1 Å². The molecule has 0 radical (unpaired) electrons. The summed E-state index contributed by atoms with van der Waals surface area (Å²) in [6.45, 7) is 7.96. The number of unbranched alkanes of at least 4 members (excludes halogenated alkanes) is 3. The summed E-state index contributed by atoms with van der Waals surface area (Å²) in [6.07, 6.45) is 5.37. The second-order valence-corrected chi connectivity index (χ2v) is 9.03. The van der Waals surface area contributed by atoms with Crippen LogP contribution in [0.15, 0.2) is 18.2 Å². The van der Waals surface area contributed by atoms with E-state index in [0.717, 1.165) is 25.7 Å². The molecule has 37 heavy (non-hydrogen) atoms. The van der Waals surface area contributed by atoms with Gasteiger partial charge in [-0.2, -0.15) is 0 Å². The van der Waals surface area contributed by atoms with Crippen molar-refractivity contribution < 1.29 is 38.1 Å². The van der Waals surface area contributed by atoms with Gasteiger partial charge in [0.25, 0.3) is 0 Å². The van der Waals surface area contributed by atoms with Crippen LogP contribution in [-0.4, -0.2) is 49.7 Å². The molecule has 1 unspecified atom stereocenters. The minimum atomic E-state index is -0.733. The van der Waals surface area contributed by atoms with E-state index in [1.807, 2.05) is 20.8 Å². The summed E-state index contributed by atoms with van der Waals surface area (Å²) >= 11 is 0. The molecule has 1 N–H and O–H groups in total. The molecule has 9 heteroatoms. The molecule has 1 rings (SSSR count). The van der Waals surface area contributed by atoms with Gasteiger partial charge in [0.1, 0.15) is 12.1 Å². The lowest BCUT2D eigenvalue weighted by atomic mass is 10.0. The summed E-state index contributed by atoms with van der Waals surface area (Å²) in [5.41, 5.74) is 0.669. The average Bonchev–Trinajstić information content (AvgIpc) is 2.88. The van der Waals surface area contributed by atoms with Gasteiger partial charge in [-0.15, -0.1) is 0 Å². The van der Waals surface area contributed by atoms with E-state index in [1.165, 1.54) is 7.11 Å². The van der Waals surface area contributed by atoms with Crippen LogP contribution in [0.2, 0.25) is 0 Å². The van der Waals surface area contributed by atoms with Gasteiger partial charge in [0.05, 0.1) is 7.11 Å². The van der Waals surface area contributed by atoms with E-state index in [9.17, 15) is 19.2 Å². The van der Waals surface area contributed by atoms with Crippen molar-refractivity contribution >= 4 is 23.9 Å². The maximum Gasteiger partial charge on any atom is 0.323 e. The maximum absolute atomic E-state index is 12.4. The quantitative estimate of drug-likeness (QED) is 0.217. The third kappa shape index (κ3) is 13.3. The Morgan fingerprint density at radius 3 is 1.89 bits per heavy atom. The molecule has 1 aromatic rings. The number of benzene rings is 1. The SMILES string of the molecule is CCCCC(=O)Oc1ccc(C[C@H](NCC(C)OC(=O)CCCC)C(=O)OC)cc1OC(=O)CCCC. The van der Waals surface area contributed by atoms with E-state index in [0.29, 0.717) is 24.8 Å². The molecule has 0 spiro atoms. The van der Waals surface area contributed by atoms with Gasteiger partial charge in [-0.1, -0.05) is 46.1 Å². The molecule has 0 fully saturated rings. The lowest BCUT2D eigenvalue weighted by Gasteiger charge is -2.20. The highest BCUT2D eigenvalue weighted by atomic mass is 16.6. The Hall–Kier alpha value is -2.94. The van der Waals surface area contributed by atoms with E-state index in [4.69, 9.17) is 18.9 Å². The van der Waals surface area contributed by atoms with Gasteiger partial charge in [-0.05, 0) is 50.3 Å². The predicted octanol–water partition coefficient (Wildman–Crippen LogP) is 4.67. The second-order valence-electron chi connectivity index (χ2n) is 9.03. The van der Waals surface area contributed by atoms with Gasteiger partial charge in [-0.3, -0.25) is 19.2 Å². The minimum Gasteiger partial charge on any atom is -0.468 e. The van der Waals surface area contributed by atoms with Gasteiger partial charge >= 0.3 is 23.9 Å². The van der Waals surface area contributed by atoms with Crippen molar-refractivity contribution in [3.05, 3.63) is 23.8 Å². The van der Waals surface area contributed by atoms with Crippen LogP contribution in [0.5, 0.6) is 11.5 Å². The Morgan fingerprint density at radius 2 is 1.35 bits per heavy atom. The zero-order valence-corrected chi connectivity index (χ0v) is 22.9. The van der Waals surface area contributed by atoms with Crippen LogP contribution in [0.1, 0.15) is 91.0 Å². The van der Waals surface area contributed by atoms with Crippen molar-refractivity contribution in [3.8, 4) is 11.5 Å². The lowest BCUT2D eigenvalue weighted by molar-refractivity contribution is -0.148. The molecule has 0 saturated carbocycles. The molecule has 208 valence electrons. The van der Waals surface area contributed by atoms with Crippen LogP contribution in [-0.2, 0) is 35.1 Å². The summed E-state index contributed by atoms with van der Waals surface area (Å²) < 4.78 is 21.3. The number of rotatable bonds is 18. The topological polar surface area (TPSA) is 117 Å². The number of methoxy groups -OCH3 is 1. The number of ether oxygens (including phenoxy) is 4. The number of esters is 4. The van der Waals surface area contributed by atoms with Crippen LogP contribution < -0.4 is 14.8 Å². The molecular weight excluding hydrogens is 478 g/mol. The van der Waals surface area contributed by atoms with Crippen LogP contribution in [0.4, 0.5) is 0 Å². The zero-order valence-electron chi connectivity index (χ0n) is 22.9. The first-order chi connectivity index (χ1) is 17.7. The van der Waals surface area contributed by atoms with E-state index >= 15 is 0 Å². The molecule has 9 nitrogen and oxygen atoms in total. The number of hydrogen-bond donors (Lipinski definition) is 1. The van der Waals surface area contributed by atoms with Crippen LogP contribution in [0, 0.1) is 0 Å². The largest absolute Gasteiger partial charge is 0.468 e. The fraction of sp³-hybridized carbons (Fsp3) is 0.643. The summed E-state index contributed by atoms with van der Waals surface area (Å²) in [7, 11) is 1.30. The van der Waals surface area contributed by atoms with Crippen molar-refractivity contribution in [3.63, 3.8) is 0 Å². The van der Waals surface area contributed by atoms with Crippen LogP contribution in [0.25, 0.3) is 0 Å². The number of carbonyl (C=O) groups excluding carboxylic acids is 4. The normalized spacial score (nSPS) is 12.4. The Balaban J connectivity index is 2.99. The molecule has 0 amide bonds. The smallest absolute Gasteiger partial charge is 0.323 e. The highest BCUT2D eigenvalue weighted by Gasteiger charge is 2.23. The summed E-state index contributed by atoms with van der Waals surface area (Å²) in [6, 6.07) is 4.13. The molecule has 1 aromatic carbocycles. The predicted molar refractivity (Wildman–Crippen MR) is 139 cm³/mol. The number of hydrogen-bond acceptors (Lipinski definition) is 9. The summed E-state index contributed by atoms with van der Waals surface area (Å²) in [5.74, 6) is -1.30. The first-order valence-corrected chi connectivity index (χ1v) is 13.3. The highest BCUT2D eigenvalue weighted by molar-refractivity contribution is 5.77. The third-order valence-corrected chi connectivity index (χ3v) is 5.57. The van der Waals surface area contributed by atoms with Gasteiger partial charge in [-0.25, -0.2) is 0 Å². The monoisotopic (exact) mass is 521 g/mol. The Labute approximate surface area is 220 Å². The number of nitrogens with one attached hydrogen (secondary N) is 1. The molecule has 0 bridgehead atoms. The van der Waals surface area contributed by atoms with Crippen molar-refractivity contribution in [2.45, 2.75) is 104 Å². The molecule has 2 atom stereocenters. The van der Waals surface area contributed by atoms with Crippen LogP contribution >= 0.6 is 0 Å². The molecule has 0 aliphatic heterocycles. The minimum absolute atomic E-state index is 0.130. The van der Waals surface area contributed by atoms with Gasteiger partial charge in [0.2, 0.25) is 0 Å². The first-order valence-electron chi connectivity index (χ1n) is 13.3. The lowest BCUT2D eigenvalue weighted by Crippen LogP contribution is -2.43. The first kappa shape index (κ1) is 32.1. The van der Waals surface area contributed by atoms with Crippen molar-refractivity contribution in [1.29, 1.82) is 0 Å². The molecular formula is C28H43NO8. The highest BCUT2D eigenvalue weighted by Crippen LogP contribution is 2.30. The maximum atomic E-state index is 12.4. The summed E-state index contributed by atoms with van der Waals surface area (Å²) in [5, 5.41) is 3.09. The molecule has 0 aliphatic carbocycles. The standard InChI is InChI=1S/C28H43NO8/c1-6-9-12-25(30)35-20(4)19-29-22(28(33)34-5)17-21-15-16-23(36-26(31)13-10-7-2)24(18-21)37-27(32)14-11-8-3/h15-16,18,20,22,29H,6-14,17,19H2,1-5H3/t20?,22-/m0/s1. The fourth-order valence-corrected chi connectivity index (χ4v) is 3.40. The average molecular weight is 522 g/mol. The Bertz CT molecular complexity index is 870. The van der Waals surface area contributed by atoms with Crippen molar-refractivity contribution in [2.24, 2.45) is 0 Å². The van der Waals surface area contributed by atoms with Gasteiger partial charge < -0.3 is 24.3 Å². The van der Waals surface area contributed by atoms with Crippen molar-refractivity contribution in [1.82, 2.24) is 5.32 Å². The Kier molecular flexibility index (Phi) is 15.9. The van der Waals surface area contributed by atoms with Gasteiger partial charge in [0, 0.05) is 25.8 Å². The zero-order chi connectivity index (χ0) is 27.6. The summed E-state index contributed by atoms with van der Waals surface area (Å²) in [4.78, 5) is 48.8. The molecule has 0 aromatic heterocycles. The van der Waals surface area contributed by atoms with Gasteiger partial charge in [0.15, 0.2) is 11.5 Å². The number of carbonyl (C=O) groups is 4. The third-order valence-electron chi connectivity index (χ3n) is 5.57. The van der Waals surface area contributed by atoms with E-state index in [2.05, 4.69) is 5.32 Å². The van der Waals surface area contributed by atoms with Crippen molar-refractivity contribution in [2.75, 3.05) is 13.7 Å². The fourth-order valence-electron chi connectivity index (χ4n) is 3.40. The molecule has 0 aliphatic rings. The second kappa shape index (κ2) is 18.3.